The molecule has 1 unspecified atom stereocenters. The van der Waals surface area contributed by atoms with E-state index in [1.54, 1.807) is 18.3 Å². The van der Waals surface area contributed by atoms with Gasteiger partial charge < -0.3 is 15.5 Å². The Kier molecular flexibility index (Phi) is 4.70. The Balaban J connectivity index is 1.95. The van der Waals surface area contributed by atoms with Gasteiger partial charge in [0.15, 0.2) is 0 Å². The van der Waals surface area contributed by atoms with Gasteiger partial charge in [0.2, 0.25) is 0 Å². The number of nitrogen functional groups attached to an aromatic ring is 1. The highest BCUT2D eigenvalue weighted by Crippen LogP contribution is 2.19. The predicted octanol–water partition coefficient (Wildman–Crippen LogP) is 0.912. The van der Waals surface area contributed by atoms with Crippen molar-refractivity contribution in [3.8, 4) is 0 Å². The molecule has 19 heavy (non-hydrogen) atoms. The molecule has 0 saturated carbocycles. The van der Waals surface area contributed by atoms with Crippen LogP contribution in [0.4, 0.5) is 5.82 Å². The van der Waals surface area contributed by atoms with Gasteiger partial charge in [0.05, 0.1) is 0 Å². The van der Waals surface area contributed by atoms with Gasteiger partial charge in [-0.3, -0.25) is 4.79 Å². The zero-order valence-corrected chi connectivity index (χ0v) is 11.1. The number of hydrogen-bond donors (Lipinski definition) is 3. The van der Waals surface area contributed by atoms with E-state index < -0.39 is 0 Å². The number of aromatic nitrogens is 1. The first kappa shape index (κ1) is 13.8. The molecule has 1 saturated heterocycles. The molecule has 0 aliphatic carbocycles. The number of nitrogens with zero attached hydrogens (tertiary/aromatic N) is 1. The highest BCUT2D eigenvalue weighted by Gasteiger charge is 2.22. The van der Waals surface area contributed by atoms with E-state index in [9.17, 15) is 4.79 Å². The minimum atomic E-state index is -0.0992. The topological polar surface area (TPSA) is 89.3 Å². The number of ether oxygens (including phenoxy) is 1. The average Bonchev–Trinajstić information content (AvgIpc) is 2.48. The van der Waals surface area contributed by atoms with Crippen LogP contribution >= 0.6 is 0 Å². The van der Waals surface area contributed by atoms with Crippen molar-refractivity contribution in [3.05, 3.63) is 23.9 Å². The van der Waals surface area contributed by atoms with Crippen LogP contribution in [0.15, 0.2) is 18.3 Å². The van der Waals surface area contributed by atoms with Gasteiger partial charge >= 0.3 is 0 Å². The standard InChI is InChI=1S/C13H20N4O2/c1-9(10-3-6-19-7-4-10)16-13(18)11-2-5-15-12(8-11)17-14/h2,5,8-10H,3-4,6-7,14H2,1H3,(H,15,17)(H,16,18). The maximum Gasteiger partial charge on any atom is 0.251 e. The number of pyridine rings is 1. The monoisotopic (exact) mass is 264 g/mol. The van der Waals surface area contributed by atoms with Crippen LogP contribution in [-0.2, 0) is 4.74 Å². The second-order valence-corrected chi connectivity index (χ2v) is 4.79. The normalized spacial score (nSPS) is 17.8. The summed E-state index contributed by atoms with van der Waals surface area (Å²) in [5, 5.41) is 3.03. The molecule has 2 rings (SSSR count). The molecule has 1 aromatic rings. The van der Waals surface area contributed by atoms with Gasteiger partial charge in [0.25, 0.3) is 5.91 Å². The van der Waals surface area contributed by atoms with Crippen LogP contribution in [-0.4, -0.2) is 30.1 Å². The number of hydrogen-bond acceptors (Lipinski definition) is 5. The lowest BCUT2D eigenvalue weighted by molar-refractivity contribution is 0.0538. The Morgan fingerprint density at radius 3 is 2.95 bits per heavy atom. The van der Waals surface area contributed by atoms with E-state index in [1.165, 1.54) is 0 Å². The summed E-state index contributed by atoms with van der Waals surface area (Å²) in [6.07, 6.45) is 3.55. The van der Waals surface area contributed by atoms with Crippen LogP contribution in [0.3, 0.4) is 0 Å². The summed E-state index contributed by atoms with van der Waals surface area (Å²) < 4.78 is 5.33. The van der Waals surface area contributed by atoms with Gasteiger partial charge in [0, 0.05) is 31.0 Å². The third-order valence-corrected chi connectivity index (χ3v) is 3.50. The molecule has 1 aromatic heterocycles. The van der Waals surface area contributed by atoms with Crippen molar-refractivity contribution < 1.29 is 9.53 Å². The number of carbonyl (C=O) groups excluding carboxylic acids is 1. The summed E-state index contributed by atoms with van der Waals surface area (Å²) in [5.74, 6) is 6.14. The molecule has 1 atom stereocenters. The molecular weight excluding hydrogens is 244 g/mol. The van der Waals surface area contributed by atoms with Crippen molar-refractivity contribution in [1.29, 1.82) is 0 Å². The maximum absolute atomic E-state index is 12.1. The molecule has 0 bridgehead atoms. The van der Waals surface area contributed by atoms with Gasteiger partial charge in [-0.2, -0.15) is 0 Å². The summed E-state index contributed by atoms with van der Waals surface area (Å²) in [5.41, 5.74) is 2.99. The Morgan fingerprint density at radius 1 is 1.53 bits per heavy atom. The van der Waals surface area contributed by atoms with E-state index in [2.05, 4.69) is 15.7 Å². The van der Waals surface area contributed by atoms with Crippen molar-refractivity contribution in [2.24, 2.45) is 11.8 Å². The summed E-state index contributed by atoms with van der Waals surface area (Å²) in [6.45, 7) is 3.60. The number of anilines is 1. The number of carbonyl (C=O) groups is 1. The molecule has 2 heterocycles. The zero-order chi connectivity index (χ0) is 13.7. The van der Waals surface area contributed by atoms with Gasteiger partial charge in [-0.05, 0) is 37.8 Å². The molecule has 1 aliphatic rings. The molecule has 0 radical (unpaired) electrons. The molecule has 1 fully saturated rings. The van der Waals surface area contributed by atoms with Crippen molar-refractivity contribution in [2.75, 3.05) is 18.6 Å². The first-order valence-corrected chi connectivity index (χ1v) is 6.52. The molecule has 0 spiro atoms. The molecule has 1 amide bonds. The van der Waals surface area contributed by atoms with Gasteiger partial charge in [-0.25, -0.2) is 10.8 Å². The van der Waals surface area contributed by atoms with Crippen molar-refractivity contribution in [3.63, 3.8) is 0 Å². The molecule has 0 aromatic carbocycles. The van der Waals surface area contributed by atoms with Crippen LogP contribution in [0.25, 0.3) is 0 Å². The minimum Gasteiger partial charge on any atom is -0.381 e. The van der Waals surface area contributed by atoms with Crippen LogP contribution in [0, 0.1) is 5.92 Å². The van der Waals surface area contributed by atoms with Crippen LogP contribution in [0.5, 0.6) is 0 Å². The second kappa shape index (κ2) is 6.49. The quantitative estimate of drug-likeness (QED) is 0.555. The fourth-order valence-electron chi connectivity index (χ4n) is 2.27. The van der Waals surface area contributed by atoms with Gasteiger partial charge in [0.1, 0.15) is 5.82 Å². The molecular formula is C13H20N4O2. The molecule has 4 N–H and O–H groups in total. The SMILES string of the molecule is CC(NC(=O)c1ccnc(NN)c1)C1CCOCC1. The Hall–Kier alpha value is -1.66. The van der Waals surface area contributed by atoms with Crippen molar-refractivity contribution in [2.45, 2.75) is 25.8 Å². The first-order valence-electron chi connectivity index (χ1n) is 6.52. The van der Waals surface area contributed by atoms with E-state index in [1.807, 2.05) is 6.92 Å². The lowest BCUT2D eigenvalue weighted by Crippen LogP contribution is -2.40. The molecule has 1 aliphatic heterocycles. The maximum atomic E-state index is 12.1. The number of rotatable bonds is 4. The average molecular weight is 264 g/mol. The molecule has 6 heteroatoms. The highest BCUT2D eigenvalue weighted by molar-refractivity contribution is 5.94. The summed E-state index contributed by atoms with van der Waals surface area (Å²) in [6, 6.07) is 3.44. The van der Waals surface area contributed by atoms with Crippen LogP contribution in [0.2, 0.25) is 0 Å². The third kappa shape index (κ3) is 3.65. The highest BCUT2D eigenvalue weighted by atomic mass is 16.5. The zero-order valence-electron chi connectivity index (χ0n) is 11.1. The lowest BCUT2D eigenvalue weighted by atomic mass is 9.93. The summed E-state index contributed by atoms with van der Waals surface area (Å²) in [4.78, 5) is 16.1. The summed E-state index contributed by atoms with van der Waals surface area (Å²) in [7, 11) is 0. The smallest absolute Gasteiger partial charge is 0.251 e. The Labute approximate surface area is 112 Å². The summed E-state index contributed by atoms with van der Waals surface area (Å²) >= 11 is 0. The van der Waals surface area contributed by atoms with E-state index in [0.717, 1.165) is 26.1 Å². The Bertz CT molecular complexity index is 432. The number of amides is 1. The predicted molar refractivity (Wildman–Crippen MR) is 72.5 cm³/mol. The largest absolute Gasteiger partial charge is 0.381 e. The third-order valence-electron chi connectivity index (χ3n) is 3.50. The van der Waals surface area contributed by atoms with Gasteiger partial charge in [-0.15, -0.1) is 0 Å². The fourth-order valence-corrected chi connectivity index (χ4v) is 2.27. The van der Waals surface area contributed by atoms with Crippen LogP contribution in [0.1, 0.15) is 30.1 Å². The van der Waals surface area contributed by atoms with Crippen molar-refractivity contribution in [1.82, 2.24) is 10.3 Å². The number of hydrazine groups is 1. The van der Waals surface area contributed by atoms with Crippen molar-refractivity contribution >= 4 is 11.7 Å². The van der Waals surface area contributed by atoms with E-state index in [0.29, 0.717) is 17.3 Å². The Morgan fingerprint density at radius 2 is 2.26 bits per heavy atom. The minimum absolute atomic E-state index is 0.0992. The molecule has 104 valence electrons. The van der Waals surface area contributed by atoms with Gasteiger partial charge in [-0.1, -0.05) is 0 Å². The number of nitrogens with one attached hydrogen (secondary N) is 2. The lowest BCUT2D eigenvalue weighted by Gasteiger charge is -2.28. The molecule has 6 nitrogen and oxygen atoms in total. The first-order chi connectivity index (χ1) is 9.20. The van der Waals surface area contributed by atoms with E-state index in [4.69, 9.17) is 10.6 Å². The van der Waals surface area contributed by atoms with Crippen LogP contribution < -0.4 is 16.6 Å². The van der Waals surface area contributed by atoms with E-state index >= 15 is 0 Å². The fraction of sp³-hybridized carbons (Fsp3) is 0.538. The van der Waals surface area contributed by atoms with E-state index in [-0.39, 0.29) is 11.9 Å². The number of nitrogens with two attached hydrogens (primary N) is 1. The second-order valence-electron chi connectivity index (χ2n) is 4.79.